The third-order valence-electron chi connectivity index (χ3n) is 9.15. The molecule has 6 aromatic carbocycles. The summed E-state index contributed by atoms with van der Waals surface area (Å²) in [5, 5.41) is 60.8. The number of anilines is 2. The number of aromatic nitrogens is 1. The number of phenolic OH excluding ortho intramolecular Hbond substituents is 2. The van der Waals surface area contributed by atoms with Crippen LogP contribution in [0.1, 0.15) is 41.7 Å². The fourth-order valence-corrected chi connectivity index (χ4v) is 7.40. The molecule has 2 amide bonds. The van der Waals surface area contributed by atoms with Crippen molar-refractivity contribution in [2.24, 2.45) is 20.5 Å². The molecule has 0 atom stereocenters. The standard InChI is InChI=1S/C41H27N7O14S2/c49-36-28-14-12-26(16-22(28)18-32(63(57,58)59)34(36)47-45-24-8-4-20(5-9-24)40(53)54)42-38(51)30-2-1-3-31(44-30)39(52)43-27-13-15-29-23(17-27)19-33(64(60,61)62)35(37(29)50)48-46-25-10-6-21(7-11-25)41(55)56/h1-19,49-50H,(H,42,51)(H,43,52)(H,53,54)(H,55,56)(H,57,58,59)(H,60,61,62). The van der Waals surface area contributed by atoms with E-state index in [1.165, 1.54) is 103 Å². The Morgan fingerprint density at radius 3 is 1.22 bits per heavy atom. The quantitative estimate of drug-likeness (QED) is 0.0425. The minimum Gasteiger partial charge on any atom is -0.505 e. The first kappa shape index (κ1) is 43.6. The van der Waals surface area contributed by atoms with E-state index >= 15 is 0 Å². The number of azo groups is 2. The molecule has 0 bridgehead atoms. The fourth-order valence-electron chi connectivity index (χ4n) is 6.08. The van der Waals surface area contributed by atoms with Gasteiger partial charge in [0.15, 0.2) is 11.5 Å². The van der Waals surface area contributed by atoms with Crippen LogP contribution in [-0.2, 0) is 20.2 Å². The van der Waals surface area contributed by atoms with Crippen molar-refractivity contribution >= 4 is 99.7 Å². The Hall–Kier alpha value is -8.51. The molecule has 0 spiro atoms. The van der Waals surface area contributed by atoms with E-state index < -0.39 is 76.7 Å². The summed E-state index contributed by atoms with van der Waals surface area (Å²) in [6.45, 7) is 0. The van der Waals surface area contributed by atoms with Gasteiger partial charge < -0.3 is 31.1 Å². The second-order valence-electron chi connectivity index (χ2n) is 13.4. The van der Waals surface area contributed by atoms with Crippen LogP contribution in [-0.4, -0.2) is 75.1 Å². The fraction of sp³-hybridized carbons (Fsp3) is 0. The zero-order valence-electron chi connectivity index (χ0n) is 32.0. The first-order valence-electron chi connectivity index (χ1n) is 17.9. The zero-order chi connectivity index (χ0) is 46.1. The van der Waals surface area contributed by atoms with Crippen molar-refractivity contribution in [3.05, 3.63) is 138 Å². The van der Waals surface area contributed by atoms with Crippen molar-refractivity contribution in [1.29, 1.82) is 0 Å². The molecule has 0 unspecified atom stereocenters. The number of benzene rings is 6. The number of hydrogen-bond acceptors (Lipinski definition) is 15. The summed E-state index contributed by atoms with van der Waals surface area (Å²) in [4.78, 5) is 51.4. The summed E-state index contributed by atoms with van der Waals surface area (Å²) in [5.74, 6) is -5.40. The third-order valence-corrected chi connectivity index (χ3v) is 10.9. The Bertz CT molecular complexity index is 3180. The van der Waals surface area contributed by atoms with Gasteiger partial charge in [0.2, 0.25) is 0 Å². The van der Waals surface area contributed by atoms with Gasteiger partial charge in [-0.25, -0.2) is 14.6 Å². The van der Waals surface area contributed by atoms with Crippen molar-refractivity contribution in [2.45, 2.75) is 9.79 Å². The number of nitrogens with one attached hydrogen (secondary N) is 2. The Balaban J connectivity index is 1.10. The average Bonchev–Trinajstić information content (AvgIpc) is 3.25. The second-order valence-corrected chi connectivity index (χ2v) is 16.2. The molecular weight excluding hydrogens is 879 g/mol. The molecule has 23 heteroatoms. The van der Waals surface area contributed by atoms with Crippen LogP contribution < -0.4 is 10.6 Å². The number of aromatic hydroxyl groups is 2. The van der Waals surface area contributed by atoms with E-state index in [1.807, 2.05) is 0 Å². The van der Waals surface area contributed by atoms with Crippen LogP contribution in [0.5, 0.6) is 11.5 Å². The molecule has 0 saturated carbocycles. The maximum atomic E-state index is 13.3. The number of hydrogen-bond donors (Lipinski definition) is 8. The van der Waals surface area contributed by atoms with Gasteiger partial charge in [-0.3, -0.25) is 18.7 Å². The Labute approximate surface area is 359 Å². The highest BCUT2D eigenvalue weighted by atomic mass is 32.2. The van der Waals surface area contributed by atoms with E-state index in [0.717, 1.165) is 12.1 Å². The molecule has 7 aromatic rings. The normalized spacial score (nSPS) is 11.9. The minimum absolute atomic E-state index is 0.0339. The van der Waals surface area contributed by atoms with Gasteiger partial charge in [-0.05, 0) is 120 Å². The van der Waals surface area contributed by atoms with Crippen molar-refractivity contribution in [3.63, 3.8) is 0 Å². The van der Waals surface area contributed by atoms with Crippen LogP contribution in [0, 0.1) is 0 Å². The SMILES string of the molecule is O=C(O)c1ccc(N=Nc2c(S(=O)(=O)O)cc3cc(NC(=O)c4cccc(C(=O)Nc5ccc6c(O)c(N=Nc7ccc(C(=O)O)cc7)c(S(=O)(=O)O)cc6c5)n4)ccc3c2O)cc1. The molecule has 0 aliphatic heterocycles. The van der Waals surface area contributed by atoms with Gasteiger partial charge in [0, 0.05) is 22.1 Å². The lowest BCUT2D eigenvalue weighted by Crippen LogP contribution is -2.18. The summed E-state index contributed by atoms with van der Waals surface area (Å²) >= 11 is 0. The minimum atomic E-state index is -5.01. The molecule has 21 nitrogen and oxygen atoms in total. The van der Waals surface area contributed by atoms with Crippen LogP contribution in [0.15, 0.2) is 146 Å². The summed E-state index contributed by atoms with van der Waals surface area (Å²) < 4.78 is 69.4. The number of aromatic carboxylic acids is 2. The number of nitrogens with zero attached hydrogens (tertiary/aromatic N) is 5. The van der Waals surface area contributed by atoms with Gasteiger partial charge in [0.25, 0.3) is 32.1 Å². The molecule has 64 heavy (non-hydrogen) atoms. The average molecular weight is 906 g/mol. The number of fused-ring (bicyclic) bond motifs is 2. The van der Waals surface area contributed by atoms with Gasteiger partial charge in [-0.1, -0.05) is 6.07 Å². The number of carboxylic acid groups (broad SMARTS) is 2. The number of carbonyl (C=O) groups is 4. The molecule has 7 rings (SSSR count). The summed E-state index contributed by atoms with van der Waals surface area (Å²) in [6.07, 6.45) is 0. The van der Waals surface area contributed by atoms with Crippen LogP contribution in [0.25, 0.3) is 21.5 Å². The predicted molar refractivity (Wildman–Crippen MR) is 226 cm³/mol. The van der Waals surface area contributed by atoms with Gasteiger partial charge in [-0.15, -0.1) is 10.2 Å². The Kier molecular flexibility index (Phi) is 11.6. The molecule has 1 aromatic heterocycles. The summed E-state index contributed by atoms with van der Waals surface area (Å²) in [6, 6.07) is 23.9. The highest BCUT2D eigenvalue weighted by Gasteiger charge is 2.24. The lowest BCUT2D eigenvalue weighted by Gasteiger charge is -2.12. The maximum absolute atomic E-state index is 13.3. The second kappa shape index (κ2) is 17.1. The highest BCUT2D eigenvalue weighted by Crippen LogP contribution is 2.43. The van der Waals surface area contributed by atoms with Gasteiger partial charge in [0.1, 0.15) is 32.6 Å². The number of pyridine rings is 1. The molecule has 0 saturated heterocycles. The first-order chi connectivity index (χ1) is 30.3. The number of phenols is 2. The molecule has 8 N–H and O–H groups in total. The van der Waals surface area contributed by atoms with Gasteiger partial charge in [-0.2, -0.15) is 27.1 Å². The lowest BCUT2D eigenvalue weighted by atomic mass is 10.1. The molecule has 0 radical (unpaired) electrons. The van der Waals surface area contributed by atoms with E-state index in [-0.39, 0.29) is 66.8 Å². The summed E-state index contributed by atoms with van der Waals surface area (Å²) in [7, 11) is -10.0. The Morgan fingerprint density at radius 1 is 0.500 bits per heavy atom. The van der Waals surface area contributed by atoms with E-state index in [1.54, 1.807) is 0 Å². The Morgan fingerprint density at radius 2 is 0.875 bits per heavy atom. The van der Waals surface area contributed by atoms with E-state index in [4.69, 9.17) is 10.2 Å². The highest BCUT2D eigenvalue weighted by molar-refractivity contribution is 7.86. The predicted octanol–water partition coefficient (Wildman–Crippen LogP) is 8.02. The van der Waals surface area contributed by atoms with Crippen molar-refractivity contribution < 1.29 is 65.5 Å². The monoisotopic (exact) mass is 905 g/mol. The number of carbonyl (C=O) groups excluding carboxylic acids is 2. The smallest absolute Gasteiger partial charge is 0.335 e. The van der Waals surface area contributed by atoms with E-state index in [2.05, 4.69) is 36.1 Å². The van der Waals surface area contributed by atoms with Crippen LogP contribution in [0.2, 0.25) is 0 Å². The topological polar surface area (TPSA) is 344 Å². The van der Waals surface area contributed by atoms with Crippen molar-refractivity contribution in [3.8, 4) is 11.5 Å². The van der Waals surface area contributed by atoms with Crippen LogP contribution in [0.3, 0.4) is 0 Å². The maximum Gasteiger partial charge on any atom is 0.335 e. The molecule has 1 heterocycles. The molecule has 0 fully saturated rings. The number of amides is 2. The lowest BCUT2D eigenvalue weighted by molar-refractivity contribution is 0.0686. The molecule has 0 aliphatic carbocycles. The zero-order valence-corrected chi connectivity index (χ0v) is 33.6. The third kappa shape index (κ3) is 9.36. The van der Waals surface area contributed by atoms with E-state index in [9.17, 15) is 55.3 Å². The number of rotatable bonds is 12. The van der Waals surface area contributed by atoms with E-state index in [0.29, 0.717) is 0 Å². The molecule has 0 aliphatic rings. The first-order valence-corrected chi connectivity index (χ1v) is 20.8. The van der Waals surface area contributed by atoms with Crippen molar-refractivity contribution in [1.82, 2.24) is 4.98 Å². The van der Waals surface area contributed by atoms with Crippen LogP contribution in [0.4, 0.5) is 34.1 Å². The molecule has 322 valence electrons. The number of carboxylic acids is 2. The summed E-state index contributed by atoms with van der Waals surface area (Å²) in [5.41, 5.74) is -1.46. The van der Waals surface area contributed by atoms with Crippen LogP contribution >= 0.6 is 0 Å². The van der Waals surface area contributed by atoms with Gasteiger partial charge in [0.05, 0.1) is 22.5 Å². The largest absolute Gasteiger partial charge is 0.505 e. The van der Waals surface area contributed by atoms with Gasteiger partial charge >= 0.3 is 11.9 Å². The molecular formula is C41H27N7O14S2. The van der Waals surface area contributed by atoms with Crippen molar-refractivity contribution in [2.75, 3.05) is 10.6 Å².